The summed E-state index contributed by atoms with van der Waals surface area (Å²) in [6, 6.07) is 5.30. The van der Waals surface area contributed by atoms with Crippen molar-refractivity contribution in [3.8, 4) is 5.75 Å². The summed E-state index contributed by atoms with van der Waals surface area (Å²) < 4.78 is 21.0. The molecule has 0 bridgehead atoms. The maximum absolute atomic E-state index is 12.5. The first-order valence-electron chi connectivity index (χ1n) is 9.24. The van der Waals surface area contributed by atoms with Gasteiger partial charge in [-0.1, -0.05) is 0 Å². The molecular weight excluding hydrogens is 398 g/mol. The van der Waals surface area contributed by atoms with E-state index in [0.29, 0.717) is 35.8 Å². The molecule has 2 heterocycles. The molecular formula is C20H23NO7S. The van der Waals surface area contributed by atoms with Crippen molar-refractivity contribution in [2.24, 2.45) is 0 Å². The van der Waals surface area contributed by atoms with Crippen molar-refractivity contribution in [1.29, 1.82) is 0 Å². The Balaban J connectivity index is 1.63. The zero-order valence-corrected chi connectivity index (χ0v) is 17.4. The number of furan rings is 1. The highest BCUT2D eigenvalue weighted by Gasteiger charge is 2.30. The van der Waals surface area contributed by atoms with Gasteiger partial charge in [0.1, 0.15) is 16.6 Å². The first-order valence-corrected chi connectivity index (χ1v) is 10.3. The van der Waals surface area contributed by atoms with Crippen LogP contribution in [-0.2, 0) is 19.1 Å². The van der Waals surface area contributed by atoms with Gasteiger partial charge in [0.15, 0.2) is 6.61 Å². The molecule has 1 aliphatic heterocycles. The van der Waals surface area contributed by atoms with E-state index in [1.807, 2.05) is 6.92 Å². The van der Waals surface area contributed by atoms with Crippen LogP contribution in [0.5, 0.6) is 5.75 Å². The molecule has 1 fully saturated rings. The van der Waals surface area contributed by atoms with Crippen molar-refractivity contribution in [3.05, 3.63) is 29.5 Å². The van der Waals surface area contributed by atoms with Gasteiger partial charge < -0.3 is 23.5 Å². The van der Waals surface area contributed by atoms with Gasteiger partial charge in [-0.2, -0.15) is 0 Å². The van der Waals surface area contributed by atoms with Crippen LogP contribution in [0.4, 0.5) is 0 Å². The second kappa shape index (κ2) is 9.21. The molecule has 0 N–H and O–H groups in total. The largest absolute Gasteiger partial charge is 0.494 e. The van der Waals surface area contributed by atoms with Crippen molar-refractivity contribution >= 4 is 40.6 Å². The van der Waals surface area contributed by atoms with Crippen molar-refractivity contribution in [2.45, 2.75) is 19.1 Å². The molecule has 3 rings (SSSR count). The van der Waals surface area contributed by atoms with E-state index in [-0.39, 0.29) is 24.2 Å². The molecule has 1 amide bonds. The molecule has 1 aromatic heterocycles. The number of hydrogen-bond acceptors (Lipinski definition) is 8. The molecule has 0 unspecified atom stereocenters. The van der Waals surface area contributed by atoms with Crippen LogP contribution in [0, 0.1) is 6.92 Å². The molecule has 156 valence electrons. The number of thioether (sulfide) groups is 1. The zero-order chi connectivity index (χ0) is 21.0. The van der Waals surface area contributed by atoms with Gasteiger partial charge in [0, 0.05) is 29.8 Å². The van der Waals surface area contributed by atoms with Gasteiger partial charge in [-0.15, -0.1) is 11.8 Å². The standard InChI is InChI=1S/C20H23NO7S/c1-4-26-13-5-6-15-14(9-13)12(2)18(28-15)20(24)27-11-17(22)21-7-8-29-16(10-21)19(23)25-3/h5-6,9,16H,4,7-8,10-11H2,1-3H3/t16-/m0/s1. The maximum atomic E-state index is 12.5. The van der Waals surface area contributed by atoms with Crippen LogP contribution in [0.2, 0.25) is 0 Å². The minimum absolute atomic E-state index is 0.0584. The molecule has 1 atom stereocenters. The van der Waals surface area contributed by atoms with Crippen LogP contribution >= 0.6 is 11.8 Å². The summed E-state index contributed by atoms with van der Waals surface area (Å²) in [4.78, 5) is 38.1. The minimum Gasteiger partial charge on any atom is -0.494 e. The molecule has 1 aliphatic rings. The first-order chi connectivity index (χ1) is 13.9. The van der Waals surface area contributed by atoms with Crippen LogP contribution in [0.1, 0.15) is 23.0 Å². The summed E-state index contributed by atoms with van der Waals surface area (Å²) in [6.07, 6.45) is 0. The van der Waals surface area contributed by atoms with Crippen LogP contribution in [0.25, 0.3) is 11.0 Å². The Kier molecular flexibility index (Phi) is 6.68. The number of hydrogen-bond donors (Lipinski definition) is 0. The fourth-order valence-electron chi connectivity index (χ4n) is 3.09. The highest BCUT2D eigenvalue weighted by molar-refractivity contribution is 8.00. The molecule has 8 nitrogen and oxygen atoms in total. The average Bonchev–Trinajstić information content (AvgIpc) is 3.07. The maximum Gasteiger partial charge on any atom is 0.375 e. The van der Waals surface area contributed by atoms with Gasteiger partial charge in [0.25, 0.3) is 5.91 Å². The van der Waals surface area contributed by atoms with Crippen LogP contribution in [0.3, 0.4) is 0 Å². The van der Waals surface area contributed by atoms with E-state index in [2.05, 4.69) is 0 Å². The highest BCUT2D eigenvalue weighted by Crippen LogP contribution is 2.29. The molecule has 0 saturated carbocycles. The Morgan fingerprint density at radius 1 is 1.31 bits per heavy atom. The summed E-state index contributed by atoms with van der Waals surface area (Å²) in [5.41, 5.74) is 1.16. The average molecular weight is 421 g/mol. The topological polar surface area (TPSA) is 95.3 Å². The lowest BCUT2D eigenvalue weighted by Gasteiger charge is -2.30. The summed E-state index contributed by atoms with van der Waals surface area (Å²) >= 11 is 1.45. The third kappa shape index (κ3) is 4.67. The molecule has 9 heteroatoms. The summed E-state index contributed by atoms with van der Waals surface area (Å²) in [6.45, 7) is 4.47. The van der Waals surface area contributed by atoms with E-state index in [1.54, 1.807) is 25.1 Å². The predicted molar refractivity (Wildman–Crippen MR) is 107 cm³/mol. The fourth-order valence-corrected chi connectivity index (χ4v) is 4.21. The number of rotatable bonds is 6. The third-order valence-corrected chi connectivity index (χ3v) is 5.78. The number of ether oxygens (including phenoxy) is 3. The van der Waals surface area contributed by atoms with Crippen LogP contribution in [-0.4, -0.2) is 67.2 Å². The smallest absolute Gasteiger partial charge is 0.375 e. The van der Waals surface area contributed by atoms with Gasteiger partial charge in [-0.05, 0) is 32.0 Å². The number of methoxy groups -OCH3 is 1. The summed E-state index contributed by atoms with van der Waals surface area (Å²) in [5, 5.41) is 0.328. The lowest BCUT2D eigenvalue weighted by molar-refractivity contribution is -0.141. The minimum atomic E-state index is -0.707. The SMILES string of the molecule is CCOc1ccc2oc(C(=O)OCC(=O)N3CCS[C@H](C(=O)OC)C3)c(C)c2c1. The Morgan fingerprint density at radius 2 is 2.10 bits per heavy atom. The lowest BCUT2D eigenvalue weighted by atomic mass is 10.1. The predicted octanol–water partition coefficient (Wildman–Crippen LogP) is 2.41. The quantitative estimate of drug-likeness (QED) is 0.657. The Labute approximate surface area is 172 Å². The molecule has 0 radical (unpaired) electrons. The van der Waals surface area contributed by atoms with Gasteiger partial charge in [0.2, 0.25) is 5.76 Å². The van der Waals surface area contributed by atoms with E-state index in [1.165, 1.54) is 23.8 Å². The Morgan fingerprint density at radius 3 is 2.83 bits per heavy atom. The molecule has 1 aromatic carbocycles. The fraction of sp³-hybridized carbons (Fsp3) is 0.450. The number of fused-ring (bicyclic) bond motifs is 1. The van der Waals surface area contributed by atoms with Gasteiger partial charge in [-0.25, -0.2) is 4.79 Å². The molecule has 2 aromatic rings. The third-order valence-electron chi connectivity index (χ3n) is 4.61. The molecule has 1 saturated heterocycles. The second-order valence-corrected chi connectivity index (χ2v) is 7.76. The number of amides is 1. The van der Waals surface area contributed by atoms with Crippen LogP contribution < -0.4 is 4.74 Å². The number of nitrogens with zero attached hydrogens (tertiary/aromatic N) is 1. The lowest BCUT2D eigenvalue weighted by Crippen LogP contribution is -2.46. The monoisotopic (exact) mass is 421 g/mol. The molecule has 29 heavy (non-hydrogen) atoms. The Bertz CT molecular complexity index is 923. The van der Waals surface area contributed by atoms with Gasteiger partial charge in [0.05, 0.1) is 13.7 Å². The van der Waals surface area contributed by atoms with Crippen molar-refractivity contribution in [2.75, 3.05) is 39.2 Å². The summed E-state index contributed by atoms with van der Waals surface area (Å²) in [7, 11) is 1.32. The molecule has 0 spiro atoms. The van der Waals surface area contributed by atoms with Crippen molar-refractivity contribution in [3.63, 3.8) is 0 Å². The summed E-state index contributed by atoms with van der Waals surface area (Å²) in [5.74, 6) is -0.0792. The number of carbonyl (C=O) groups is 3. The van der Waals surface area contributed by atoms with Crippen molar-refractivity contribution < 1.29 is 33.0 Å². The van der Waals surface area contributed by atoms with E-state index in [9.17, 15) is 14.4 Å². The van der Waals surface area contributed by atoms with Crippen LogP contribution in [0.15, 0.2) is 22.6 Å². The zero-order valence-electron chi connectivity index (χ0n) is 16.6. The number of benzene rings is 1. The van der Waals surface area contributed by atoms with Gasteiger partial charge >= 0.3 is 11.9 Å². The highest BCUT2D eigenvalue weighted by atomic mass is 32.2. The van der Waals surface area contributed by atoms with E-state index in [4.69, 9.17) is 18.6 Å². The number of carbonyl (C=O) groups excluding carboxylic acids is 3. The van der Waals surface area contributed by atoms with E-state index in [0.717, 1.165) is 5.39 Å². The van der Waals surface area contributed by atoms with E-state index < -0.39 is 17.8 Å². The molecule has 0 aliphatic carbocycles. The second-order valence-electron chi connectivity index (χ2n) is 6.45. The van der Waals surface area contributed by atoms with E-state index >= 15 is 0 Å². The van der Waals surface area contributed by atoms with Crippen molar-refractivity contribution in [1.82, 2.24) is 4.90 Å². The number of esters is 2. The Hall–Kier alpha value is -2.68. The number of aryl methyl sites for hydroxylation is 1. The first kappa shape index (κ1) is 21.0. The van der Waals surface area contributed by atoms with Gasteiger partial charge in [-0.3, -0.25) is 9.59 Å². The normalized spacial score (nSPS) is 16.5.